The standard InChI is InChI=1S/C19H17N3O2/c1-13(20)18-21-16-11-5-7-14(8-6-12-23)17(16)19(24)22(18)15-9-3-2-4-10-15/h2-5,7,9-11,13,23H,12,20H2,1H3. The van der Waals surface area contributed by atoms with Crippen molar-refractivity contribution in [1.82, 2.24) is 9.55 Å². The Bertz CT molecular complexity index is 996. The number of para-hydroxylation sites is 1. The third kappa shape index (κ3) is 2.81. The highest BCUT2D eigenvalue weighted by Gasteiger charge is 2.17. The van der Waals surface area contributed by atoms with Crippen LogP contribution in [0, 0.1) is 11.8 Å². The zero-order valence-electron chi connectivity index (χ0n) is 13.2. The van der Waals surface area contributed by atoms with Gasteiger partial charge in [-0.25, -0.2) is 4.98 Å². The maximum Gasteiger partial charge on any atom is 0.267 e. The summed E-state index contributed by atoms with van der Waals surface area (Å²) in [6.07, 6.45) is 0. The van der Waals surface area contributed by atoms with Crippen molar-refractivity contribution in [2.75, 3.05) is 6.61 Å². The Kier molecular flexibility index (Phi) is 4.43. The lowest BCUT2D eigenvalue weighted by atomic mass is 10.1. The Hall–Kier alpha value is -2.94. The van der Waals surface area contributed by atoms with Gasteiger partial charge in [0.2, 0.25) is 0 Å². The van der Waals surface area contributed by atoms with Crippen LogP contribution in [-0.2, 0) is 0 Å². The summed E-state index contributed by atoms with van der Waals surface area (Å²) in [4.78, 5) is 17.8. The number of benzene rings is 2. The number of fused-ring (bicyclic) bond motifs is 1. The van der Waals surface area contributed by atoms with Crippen LogP contribution in [0.2, 0.25) is 0 Å². The first-order valence-corrected chi connectivity index (χ1v) is 7.60. The summed E-state index contributed by atoms with van der Waals surface area (Å²) < 4.78 is 1.52. The molecule has 120 valence electrons. The van der Waals surface area contributed by atoms with Crippen LogP contribution in [0.5, 0.6) is 0 Å². The molecule has 0 aliphatic heterocycles. The van der Waals surface area contributed by atoms with E-state index in [0.717, 1.165) is 0 Å². The van der Waals surface area contributed by atoms with Crippen molar-refractivity contribution in [3.05, 3.63) is 70.3 Å². The predicted molar refractivity (Wildman–Crippen MR) is 93.9 cm³/mol. The fourth-order valence-electron chi connectivity index (χ4n) is 2.62. The summed E-state index contributed by atoms with van der Waals surface area (Å²) in [5.41, 5.74) is 7.62. The predicted octanol–water partition coefficient (Wildman–Crippen LogP) is 1.75. The molecule has 5 heteroatoms. The van der Waals surface area contributed by atoms with Gasteiger partial charge in [0.15, 0.2) is 0 Å². The largest absolute Gasteiger partial charge is 0.384 e. The van der Waals surface area contributed by atoms with Gasteiger partial charge in [-0.3, -0.25) is 9.36 Å². The SMILES string of the molecule is CC(N)c1nc2cccc(C#CCO)c2c(=O)n1-c1ccccc1. The van der Waals surface area contributed by atoms with Crippen molar-refractivity contribution in [2.24, 2.45) is 5.73 Å². The second-order valence-corrected chi connectivity index (χ2v) is 5.39. The molecule has 1 unspecified atom stereocenters. The monoisotopic (exact) mass is 319 g/mol. The highest BCUT2D eigenvalue weighted by atomic mass is 16.2. The summed E-state index contributed by atoms with van der Waals surface area (Å²) >= 11 is 0. The number of rotatable bonds is 2. The van der Waals surface area contributed by atoms with E-state index in [1.165, 1.54) is 4.57 Å². The molecule has 1 heterocycles. The summed E-state index contributed by atoms with van der Waals surface area (Å²) in [5, 5.41) is 9.35. The minimum Gasteiger partial charge on any atom is -0.384 e. The second kappa shape index (κ2) is 6.67. The molecule has 0 radical (unpaired) electrons. The van der Waals surface area contributed by atoms with E-state index in [1.54, 1.807) is 25.1 Å². The molecule has 3 rings (SSSR count). The number of aliphatic hydroxyl groups excluding tert-OH is 1. The van der Waals surface area contributed by atoms with Crippen LogP contribution in [0.3, 0.4) is 0 Å². The molecule has 0 spiro atoms. The van der Waals surface area contributed by atoms with Gasteiger partial charge in [0.1, 0.15) is 12.4 Å². The van der Waals surface area contributed by atoms with Crippen LogP contribution in [0.4, 0.5) is 0 Å². The molecule has 0 saturated heterocycles. The van der Waals surface area contributed by atoms with Crippen LogP contribution in [-0.4, -0.2) is 21.3 Å². The molecule has 0 aliphatic rings. The number of hydrogen-bond acceptors (Lipinski definition) is 4. The first-order valence-electron chi connectivity index (χ1n) is 7.60. The van der Waals surface area contributed by atoms with Gasteiger partial charge in [0, 0.05) is 5.56 Å². The molecule has 0 saturated carbocycles. The van der Waals surface area contributed by atoms with E-state index in [1.807, 2.05) is 30.3 Å². The second-order valence-electron chi connectivity index (χ2n) is 5.39. The van der Waals surface area contributed by atoms with Gasteiger partial charge in [-0.05, 0) is 31.2 Å². The summed E-state index contributed by atoms with van der Waals surface area (Å²) in [6.45, 7) is 1.52. The van der Waals surface area contributed by atoms with Gasteiger partial charge < -0.3 is 10.8 Å². The molecule has 0 aliphatic carbocycles. The van der Waals surface area contributed by atoms with E-state index in [-0.39, 0.29) is 12.2 Å². The molecule has 3 N–H and O–H groups in total. The molecule has 0 amide bonds. The van der Waals surface area contributed by atoms with E-state index in [2.05, 4.69) is 16.8 Å². The molecule has 3 aromatic rings. The minimum atomic E-state index is -0.408. The molecule has 2 aromatic carbocycles. The van der Waals surface area contributed by atoms with Gasteiger partial charge >= 0.3 is 0 Å². The van der Waals surface area contributed by atoms with Gasteiger partial charge in [-0.1, -0.05) is 36.1 Å². The van der Waals surface area contributed by atoms with Gasteiger partial charge in [0.25, 0.3) is 5.56 Å². The summed E-state index contributed by atoms with van der Waals surface area (Å²) in [7, 11) is 0. The Balaban J connectivity index is 2.43. The highest BCUT2D eigenvalue weighted by Crippen LogP contribution is 2.18. The number of nitrogens with two attached hydrogens (primary N) is 1. The van der Waals surface area contributed by atoms with Crippen molar-refractivity contribution in [1.29, 1.82) is 0 Å². The maximum atomic E-state index is 13.2. The molecular weight excluding hydrogens is 302 g/mol. The van der Waals surface area contributed by atoms with Crippen LogP contribution >= 0.6 is 0 Å². The fraction of sp³-hybridized carbons (Fsp3) is 0.158. The first kappa shape index (κ1) is 15.9. The molecule has 24 heavy (non-hydrogen) atoms. The lowest BCUT2D eigenvalue weighted by Crippen LogP contribution is -2.27. The van der Waals surface area contributed by atoms with Crippen LogP contribution in [0.15, 0.2) is 53.3 Å². The number of aromatic nitrogens is 2. The zero-order valence-corrected chi connectivity index (χ0v) is 13.2. The third-order valence-electron chi connectivity index (χ3n) is 3.65. The van der Waals surface area contributed by atoms with Crippen molar-refractivity contribution in [3.63, 3.8) is 0 Å². The van der Waals surface area contributed by atoms with Crippen LogP contribution in [0.25, 0.3) is 16.6 Å². The van der Waals surface area contributed by atoms with Crippen LogP contribution in [0.1, 0.15) is 24.4 Å². The van der Waals surface area contributed by atoms with Gasteiger partial charge in [-0.2, -0.15) is 0 Å². The van der Waals surface area contributed by atoms with Crippen molar-refractivity contribution in [3.8, 4) is 17.5 Å². The maximum absolute atomic E-state index is 13.2. The minimum absolute atomic E-state index is 0.221. The summed E-state index contributed by atoms with van der Waals surface area (Å²) in [6, 6.07) is 14.2. The lowest BCUT2D eigenvalue weighted by Gasteiger charge is -2.16. The fourth-order valence-corrected chi connectivity index (χ4v) is 2.62. The van der Waals surface area contributed by atoms with Gasteiger partial charge in [0.05, 0.1) is 22.6 Å². The van der Waals surface area contributed by atoms with E-state index in [0.29, 0.717) is 28.0 Å². The summed E-state index contributed by atoms with van der Waals surface area (Å²) in [5.74, 6) is 5.90. The van der Waals surface area contributed by atoms with Crippen molar-refractivity contribution >= 4 is 10.9 Å². The van der Waals surface area contributed by atoms with Crippen LogP contribution < -0.4 is 11.3 Å². The molecule has 0 fully saturated rings. The molecule has 1 atom stereocenters. The van der Waals surface area contributed by atoms with Crippen molar-refractivity contribution in [2.45, 2.75) is 13.0 Å². The smallest absolute Gasteiger partial charge is 0.267 e. The zero-order chi connectivity index (χ0) is 17.1. The molecular formula is C19H17N3O2. The Labute approximate surface area is 139 Å². The number of aliphatic hydroxyl groups is 1. The highest BCUT2D eigenvalue weighted by molar-refractivity contribution is 5.84. The number of nitrogens with zero attached hydrogens (tertiary/aromatic N) is 2. The number of hydrogen-bond donors (Lipinski definition) is 2. The lowest BCUT2D eigenvalue weighted by molar-refractivity contribution is 0.350. The Morgan fingerprint density at radius 2 is 1.96 bits per heavy atom. The van der Waals surface area contributed by atoms with E-state index in [9.17, 15) is 4.79 Å². The molecule has 1 aromatic heterocycles. The topological polar surface area (TPSA) is 81.1 Å². The Morgan fingerprint density at radius 3 is 2.62 bits per heavy atom. The normalized spacial score (nSPS) is 11.8. The van der Waals surface area contributed by atoms with Crippen molar-refractivity contribution < 1.29 is 5.11 Å². The van der Waals surface area contributed by atoms with E-state index >= 15 is 0 Å². The third-order valence-corrected chi connectivity index (χ3v) is 3.65. The molecule has 0 bridgehead atoms. The average molecular weight is 319 g/mol. The molecule has 5 nitrogen and oxygen atoms in total. The average Bonchev–Trinajstić information content (AvgIpc) is 2.60. The first-order chi connectivity index (χ1) is 11.6. The van der Waals surface area contributed by atoms with Gasteiger partial charge in [-0.15, -0.1) is 0 Å². The quantitative estimate of drug-likeness (QED) is 0.705. The van der Waals surface area contributed by atoms with E-state index < -0.39 is 6.04 Å². The van der Waals surface area contributed by atoms with E-state index in [4.69, 9.17) is 10.8 Å². The Morgan fingerprint density at radius 1 is 1.21 bits per heavy atom.